The SMILES string of the molecule is NCCC1=C[N]C(=S)N1[C@H]1COc2ccc(F)cc2C1. The zero-order valence-electron chi connectivity index (χ0n) is 10.9. The molecule has 6 heteroatoms. The molecule has 1 aromatic carbocycles. The molecule has 0 unspecified atom stereocenters. The predicted molar refractivity (Wildman–Crippen MR) is 77.7 cm³/mol. The number of nitrogens with two attached hydrogens (primary N) is 1. The highest BCUT2D eigenvalue weighted by atomic mass is 32.1. The molecule has 0 bridgehead atoms. The van der Waals surface area contributed by atoms with Crippen molar-refractivity contribution in [3.8, 4) is 5.75 Å². The normalized spacial score (nSPS) is 21.1. The fraction of sp³-hybridized carbons (Fsp3) is 0.357. The average Bonchev–Trinajstić information content (AvgIpc) is 2.79. The smallest absolute Gasteiger partial charge is 0.200 e. The van der Waals surface area contributed by atoms with Crippen molar-refractivity contribution in [3.63, 3.8) is 0 Å². The van der Waals surface area contributed by atoms with Gasteiger partial charge in [-0.15, -0.1) is 0 Å². The van der Waals surface area contributed by atoms with Crippen LogP contribution >= 0.6 is 12.2 Å². The summed E-state index contributed by atoms with van der Waals surface area (Å²) in [6.45, 7) is 1.05. The molecule has 105 valence electrons. The van der Waals surface area contributed by atoms with Gasteiger partial charge in [-0.3, -0.25) is 0 Å². The number of thiocarbonyl (C=S) groups is 1. The minimum Gasteiger partial charge on any atom is -0.491 e. The van der Waals surface area contributed by atoms with Gasteiger partial charge in [0.1, 0.15) is 18.2 Å². The molecule has 2 aliphatic rings. The molecule has 20 heavy (non-hydrogen) atoms. The minimum absolute atomic E-state index is 0.0425. The maximum Gasteiger partial charge on any atom is 0.200 e. The number of hydrogen-bond acceptors (Lipinski definition) is 3. The Bertz CT molecular complexity index is 576. The lowest BCUT2D eigenvalue weighted by Gasteiger charge is -2.34. The van der Waals surface area contributed by atoms with Crippen LogP contribution < -0.4 is 15.8 Å². The van der Waals surface area contributed by atoms with Gasteiger partial charge < -0.3 is 15.4 Å². The van der Waals surface area contributed by atoms with Crippen LogP contribution in [0.3, 0.4) is 0 Å². The van der Waals surface area contributed by atoms with Crippen molar-refractivity contribution in [1.82, 2.24) is 10.2 Å². The van der Waals surface area contributed by atoms with Crippen molar-refractivity contribution in [2.75, 3.05) is 13.2 Å². The first-order chi connectivity index (χ1) is 9.69. The Morgan fingerprint density at radius 3 is 3.15 bits per heavy atom. The van der Waals surface area contributed by atoms with Crippen LogP contribution in [0.25, 0.3) is 0 Å². The van der Waals surface area contributed by atoms with E-state index in [1.807, 2.05) is 4.90 Å². The van der Waals surface area contributed by atoms with E-state index in [9.17, 15) is 4.39 Å². The van der Waals surface area contributed by atoms with Gasteiger partial charge in [-0.1, -0.05) is 0 Å². The standard InChI is InChI=1S/C14H15FN3OS/c15-10-1-2-13-9(5-10)6-12(8-19-13)18-11(3-4-16)7-17-14(18)20/h1-2,5,7,12H,3-4,6,8,16H2/t12-/m1/s1. The van der Waals surface area contributed by atoms with Gasteiger partial charge in [0.05, 0.1) is 6.04 Å². The summed E-state index contributed by atoms with van der Waals surface area (Å²) in [7, 11) is 0. The molecule has 1 radical (unpaired) electrons. The Morgan fingerprint density at radius 1 is 1.50 bits per heavy atom. The van der Waals surface area contributed by atoms with Crippen LogP contribution in [0, 0.1) is 5.82 Å². The number of fused-ring (bicyclic) bond motifs is 1. The number of nitrogens with zero attached hydrogens (tertiary/aromatic N) is 2. The van der Waals surface area contributed by atoms with E-state index in [0.29, 0.717) is 24.7 Å². The fourth-order valence-corrected chi connectivity index (χ4v) is 2.93. The Kier molecular flexibility index (Phi) is 3.58. The first-order valence-corrected chi connectivity index (χ1v) is 6.94. The predicted octanol–water partition coefficient (Wildman–Crippen LogP) is 1.52. The Labute approximate surface area is 122 Å². The molecule has 1 aromatic rings. The van der Waals surface area contributed by atoms with Crippen LogP contribution in [0.5, 0.6) is 5.75 Å². The zero-order valence-corrected chi connectivity index (χ0v) is 11.7. The summed E-state index contributed by atoms with van der Waals surface area (Å²) in [5, 5.41) is 4.71. The lowest BCUT2D eigenvalue weighted by atomic mass is 10.0. The summed E-state index contributed by atoms with van der Waals surface area (Å²) in [5.41, 5.74) is 7.48. The van der Waals surface area contributed by atoms with Crippen molar-refractivity contribution >= 4 is 17.3 Å². The van der Waals surface area contributed by atoms with Crippen LogP contribution in [0.1, 0.15) is 12.0 Å². The molecule has 0 aliphatic carbocycles. The van der Waals surface area contributed by atoms with Crippen molar-refractivity contribution < 1.29 is 9.13 Å². The third-order valence-corrected chi connectivity index (χ3v) is 3.82. The van der Waals surface area contributed by atoms with Crippen molar-refractivity contribution in [3.05, 3.63) is 41.5 Å². The lowest BCUT2D eigenvalue weighted by Crippen LogP contribution is -2.44. The van der Waals surface area contributed by atoms with E-state index in [1.165, 1.54) is 12.1 Å². The van der Waals surface area contributed by atoms with E-state index in [0.717, 1.165) is 23.4 Å². The molecular formula is C14H15FN3OS. The third kappa shape index (κ3) is 2.36. The Balaban J connectivity index is 1.82. The van der Waals surface area contributed by atoms with Gasteiger partial charge in [0, 0.05) is 24.7 Å². The molecule has 0 fully saturated rings. The van der Waals surface area contributed by atoms with Crippen molar-refractivity contribution in [2.45, 2.75) is 18.9 Å². The molecule has 0 saturated heterocycles. The van der Waals surface area contributed by atoms with Gasteiger partial charge in [0.25, 0.3) is 0 Å². The summed E-state index contributed by atoms with van der Waals surface area (Å²) in [4.78, 5) is 1.98. The molecule has 0 aromatic heterocycles. The zero-order chi connectivity index (χ0) is 14.1. The van der Waals surface area contributed by atoms with E-state index < -0.39 is 0 Å². The van der Waals surface area contributed by atoms with E-state index in [1.54, 1.807) is 12.3 Å². The maximum atomic E-state index is 13.3. The summed E-state index contributed by atoms with van der Waals surface area (Å²) in [6.07, 6.45) is 3.16. The summed E-state index contributed by atoms with van der Waals surface area (Å²) in [5.74, 6) is 0.494. The first-order valence-electron chi connectivity index (χ1n) is 6.53. The molecule has 1 atom stereocenters. The highest BCUT2D eigenvalue weighted by molar-refractivity contribution is 7.80. The second kappa shape index (κ2) is 5.38. The van der Waals surface area contributed by atoms with Crippen LogP contribution in [-0.2, 0) is 6.42 Å². The van der Waals surface area contributed by atoms with Crippen molar-refractivity contribution in [1.29, 1.82) is 0 Å². The molecule has 2 aliphatic heterocycles. The molecule has 2 N–H and O–H groups in total. The highest BCUT2D eigenvalue weighted by Gasteiger charge is 2.32. The molecule has 4 nitrogen and oxygen atoms in total. The van der Waals surface area contributed by atoms with Gasteiger partial charge in [-0.2, -0.15) is 0 Å². The largest absolute Gasteiger partial charge is 0.491 e. The third-order valence-electron chi connectivity index (χ3n) is 3.51. The van der Waals surface area contributed by atoms with Crippen LogP contribution in [0.15, 0.2) is 30.1 Å². The topological polar surface area (TPSA) is 52.6 Å². The second-order valence-corrected chi connectivity index (χ2v) is 5.23. The van der Waals surface area contributed by atoms with Gasteiger partial charge in [-0.05, 0) is 42.5 Å². The fourth-order valence-electron chi connectivity index (χ4n) is 2.61. The number of ether oxygens (including phenoxy) is 1. The van der Waals surface area contributed by atoms with E-state index in [2.05, 4.69) is 5.32 Å². The Hall–Kier alpha value is -1.66. The summed E-state index contributed by atoms with van der Waals surface area (Å²) < 4.78 is 19.0. The van der Waals surface area contributed by atoms with E-state index in [-0.39, 0.29) is 11.9 Å². The maximum absolute atomic E-state index is 13.3. The first kappa shape index (κ1) is 13.3. The van der Waals surface area contributed by atoms with Crippen LogP contribution in [-0.4, -0.2) is 29.2 Å². The van der Waals surface area contributed by atoms with Crippen LogP contribution in [0.4, 0.5) is 4.39 Å². The number of benzene rings is 1. The summed E-state index contributed by atoms with van der Waals surface area (Å²) >= 11 is 5.27. The van der Waals surface area contributed by atoms with Gasteiger partial charge in [0.15, 0.2) is 5.11 Å². The number of rotatable bonds is 3. The van der Waals surface area contributed by atoms with Crippen molar-refractivity contribution in [2.24, 2.45) is 5.73 Å². The van der Waals surface area contributed by atoms with Gasteiger partial charge in [-0.25, -0.2) is 9.71 Å². The minimum atomic E-state index is -0.251. The van der Waals surface area contributed by atoms with Crippen LogP contribution in [0.2, 0.25) is 0 Å². The number of halogens is 1. The molecule has 0 amide bonds. The Morgan fingerprint density at radius 2 is 2.35 bits per heavy atom. The number of hydrogen-bond donors (Lipinski definition) is 1. The molecule has 3 rings (SSSR count). The second-order valence-electron chi connectivity index (χ2n) is 4.86. The molecule has 0 spiro atoms. The van der Waals surface area contributed by atoms with Gasteiger partial charge in [0.2, 0.25) is 0 Å². The van der Waals surface area contributed by atoms with E-state index in [4.69, 9.17) is 22.7 Å². The molecule has 0 saturated carbocycles. The highest BCUT2D eigenvalue weighted by Crippen LogP contribution is 2.30. The average molecular weight is 292 g/mol. The molecule has 2 heterocycles. The molecular weight excluding hydrogens is 277 g/mol. The monoisotopic (exact) mass is 292 g/mol. The summed E-state index contributed by atoms with van der Waals surface area (Å²) in [6, 6.07) is 4.64. The van der Waals surface area contributed by atoms with E-state index >= 15 is 0 Å². The lowest BCUT2D eigenvalue weighted by molar-refractivity contribution is 0.196. The van der Waals surface area contributed by atoms with Gasteiger partial charge >= 0.3 is 0 Å². The quantitative estimate of drug-likeness (QED) is 0.858.